The van der Waals surface area contributed by atoms with Crippen LogP contribution in [0.4, 0.5) is 0 Å². The molecule has 0 saturated heterocycles. The minimum absolute atomic E-state index is 0.149. The van der Waals surface area contributed by atoms with Gasteiger partial charge in [-0.3, -0.25) is 4.79 Å². The number of hydrogen-bond donors (Lipinski definition) is 2. The molecule has 0 aliphatic heterocycles. The first-order chi connectivity index (χ1) is 7.06. The summed E-state index contributed by atoms with van der Waals surface area (Å²) < 4.78 is 4.46. The van der Waals surface area contributed by atoms with Gasteiger partial charge in [-0.05, 0) is 17.7 Å². The van der Waals surface area contributed by atoms with E-state index < -0.39 is 18.0 Å². The van der Waals surface area contributed by atoms with Crippen LogP contribution in [0.5, 0.6) is 0 Å². The van der Waals surface area contributed by atoms with Gasteiger partial charge < -0.3 is 15.6 Å². The van der Waals surface area contributed by atoms with Crippen LogP contribution < -0.4 is 5.73 Å². The number of aromatic carboxylic acids is 1. The van der Waals surface area contributed by atoms with E-state index in [-0.39, 0.29) is 5.56 Å². The molecular weight excluding hydrogens is 198 g/mol. The van der Waals surface area contributed by atoms with Crippen LogP contribution in [0.25, 0.3) is 0 Å². The molecule has 0 fully saturated rings. The third kappa shape index (κ3) is 2.54. The van der Waals surface area contributed by atoms with Gasteiger partial charge in [-0.15, -0.1) is 0 Å². The van der Waals surface area contributed by atoms with E-state index in [0.717, 1.165) is 0 Å². The van der Waals surface area contributed by atoms with E-state index in [2.05, 4.69) is 4.74 Å². The number of hydrogen-bond acceptors (Lipinski definition) is 4. The number of methoxy groups -OCH3 is 1. The number of esters is 1. The van der Waals surface area contributed by atoms with Crippen LogP contribution in [0.15, 0.2) is 24.3 Å². The lowest BCUT2D eigenvalue weighted by atomic mass is 10.1. The van der Waals surface area contributed by atoms with Gasteiger partial charge in [0.2, 0.25) is 0 Å². The lowest BCUT2D eigenvalue weighted by molar-refractivity contribution is -0.142. The highest BCUT2D eigenvalue weighted by Crippen LogP contribution is 2.12. The number of carboxylic acids is 1. The van der Waals surface area contributed by atoms with E-state index in [1.165, 1.54) is 31.4 Å². The molecule has 0 aliphatic rings. The fraction of sp³-hybridized carbons (Fsp3) is 0.200. The van der Waals surface area contributed by atoms with Crippen molar-refractivity contribution in [2.75, 3.05) is 7.11 Å². The molecule has 5 nitrogen and oxygen atoms in total. The number of carboxylic acid groups (broad SMARTS) is 1. The summed E-state index contributed by atoms with van der Waals surface area (Å²) in [5.74, 6) is -1.58. The highest BCUT2D eigenvalue weighted by atomic mass is 16.5. The molecule has 0 aromatic heterocycles. The molecule has 0 amide bonds. The molecular formula is C10H11NO4. The Bertz CT molecular complexity index is 372. The maximum atomic E-state index is 11.1. The maximum absolute atomic E-state index is 11.1. The normalized spacial score (nSPS) is 11.9. The first kappa shape index (κ1) is 11.2. The van der Waals surface area contributed by atoms with Crippen LogP contribution in [-0.4, -0.2) is 24.2 Å². The van der Waals surface area contributed by atoms with Crippen molar-refractivity contribution >= 4 is 11.9 Å². The van der Waals surface area contributed by atoms with Crippen molar-refractivity contribution in [3.63, 3.8) is 0 Å². The number of ether oxygens (including phenoxy) is 1. The number of carbonyl (C=O) groups is 2. The molecule has 80 valence electrons. The van der Waals surface area contributed by atoms with Crippen LogP contribution in [0.1, 0.15) is 22.0 Å². The standard InChI is InChI=1S/C10H11NO4/c1-15-10(14)8(11)6-2-4-7(5-3-6)9(12)13/h2-5,8H,11H2,1H3,(H,12,13)/t8-/m1/s1. The summed E-state index contributed by atoms with van der Waals surface area (Å²) in [6.07, 6.45) is 0. The molecule has 15 heavy (non-hydrogen) atoms. The van der Waals surface area contributed by atoms with Gasteiger partial charge >= 0.3 is 11.9 Å². The smallest absolute Gasteiger partial charge is 0.335 e. The fourth-order valence-corrected chi connectivity index (χ4v) is 1.10. The molecule has 1 rings (SSSR count). The molecule has 1 atom stereocenters. The Morgan fingerprint density at radius 2 is 1.87 bits per heavy atom. The zero-order valence-electron chi connectivity index (χ0n) is 8.14. The van der Waals surface area contributed by atoms with E-state index in [1.807, 2.05) is 0 Å². The van der Waals surface area contributed by atoms with Gasteiger partial charge in [-0.2, -0.15) is 0 Å². The SMILES string of the molecule is COC(=O)[C@H](N)c1ccc(C(=O)O)cc1. The van der Waals surface area contributed by atoms with Crippen LogP contribution in [-0.2, 0) is 9.53 Å². The lowest BCUT2D eigenvalue weighted by Crippen LogP contribution is -2.22. The third-order valence-electron chi connectivity index (χ3n) is 1.97. The molecule has 0 saturated carbocycles. The van der Waals surface area contributed by atoms with Crippen molar-refractivity contribution < 1.29 is 19.4 Å². The average Bonchev–Trinajstić information content (AvgIpc) is 2.27. The Labute approximate surface area is 86.5 Å². The first-order valence-corrected chi connectivity index (χ1v) is 4.23. The molecule has 0 heterocycles. The topological polar surface area (TPSA) is 89.6 Å². The number of carbonyl (C=O) groups excluding carboxylic acids is 1. The average molecular weight is 209 g/mol. The van der Waals surface area contributed by atoms with Crippen molar-refractivity contribution in [3.05, 3.63) is 35.4 Å². The van der Waals surface area contributed by atoms with Gasteiger partial charge in [0.1, 0.15) is 6.04 Å². The predicted molar refractivity (Wildman–Crippen MR) is 52.3 cm³/mol. The monoisotopic (exact) mass is 209 g/mol. The van der Waals surface area contributed by atoms with E-state index in [1.54, 1.807) is 0 Å². The van der Waals surface area contributed by atoms with Crippen molar-refractivity contribution in [2.24, 2.45) is 5.73 Å². The maximum Gasteiger partial charge on any atom is 0.335 e. The van der Waals surface area contributed by atoms with Crippen LogP contribution >= 0.6 is 0 Å². The highest BCUT2D eigenvalue weighted by Gasteiger charge is 2.16. The van der Waals surface area contributed by atoms with E-state index in [0.29, 0.717) is 5.56 Å². The van der Waals surface area contributed by atoms with Crippen molar-refractivity contribution in [2.45, 2.75) is 6.04 Å². The second kappa shape index (κ2) is 4.56. The summed E-state index contributed by atoms with van der Waals surface area (Å²) in [6, 6.07) is 4.88. The minimum Gasteiger partial charge on any atom is -0.478 e. The fourth-order valence-electron chi connectivity index (χ4n) is 1.10. The summed E-state index contributed by atoms with van der Waals surface area (Å²) in [6.45, 7) is 0. The predicted octanol–water partition coefficient (Wildman–Crippen LogP) is 0.558. The van der Waals surface area contributed by atoms with Crippen LogP contribution in [0.2, 0.25) is 0 Å². The first-order valence-electron chi connectivity index (χ1n) is 4.23. The quantitative estimate of drug-likeness (QED) is 0.710. The molecule has 0 spiro atoms. The van der Waals surface area contributed by atoms with Gasteiger partial charge in [-0.1, -0.05) is 12.1 Å². The van der Waals surface area contributed by atoms with E-state index in [4.69, 9.17) is 10.8 Å². The Hall–Kier alpha value is -1.88. The van der Waals surface area contributed by atoms with Crippen molar-refractivity contribution in [1.82, 2.24) is 0 Å². The summed E-state index contributed by atoms with van der Waals surface area (Å²) in [5, 5.41) is 8.65. The molecule has 1 aromatic rings. The molecule has 0 radical (unpaired) electrons. The Morgan fingerprint density at radius 3 is 2.27 bits per heavy atom. The largest absolute Gasteiger partial charge is 0.478 e. The molecule has 5 heteroatoms. The molecule has 1 aromatic carbocycles. The van der Waals surface area contributed by atoms with Gasteiger partial charge in [0, 0.05) is 0 Å². The van der Waals surface area contributed by atoms with Crippen LogP contribution in [0, 0.1) is 0 Å². The lowest BCUT2D eigenvalue weighted by Gasteiger charge is -2.09. The zero-order chi connectivity index (χ0) is 11.4. The Kier molecular flexibility index (Phi) is 3.41. The minimum atomic E-state index is -1.02. The van der Waals surface area contributed by atoms with Gasteiger partial charge in [-0.25, -0.2) is 4.79 Å². The van der Waals surface area contributed by atoms with Gasteiger partial charge in [0.25, 0.3) is 0 Å². The summed E-state index contributed by atoms with van der Waals surface area (Å²) in [4.78, 5) is 21.6. The highest BCUT2D eigenvalue weighted by molar-refractivity contribution is 5.87. The summed E-state index contributed by atoms with van der Waals surface area (Å²) >= 11 is 0. The van der Waals surface area contributed by atoms with Gasteiger partial charge in [0.15, 0.2) is 0 Å². The second-order valence-corrected chi connectivity index (χ2v) is 2.93. The summed E-state index contributed by atoms with van der Waals surface area (Å²) in [7, 11) is 1.24. The Balaban J connectivity index is 2.89. The molecule has 3 N–H and O–H groups in total. The molecule has 0 bridgehead atoms. The van der Waals surface area contributed by atoms with Crippen molar-refractivity contribution in [3.8, 4) is 0 Å². The van der Waals surface area contributed by atoms with E-state index in [9.17, 15) is 9.59 Å². The van der Waals surface area contributed by atoms with Crippen LogP contribution in [0.3, 0.4) is 0 Å². The van der Waals surface area contributed by atoms with E-state index >= 15 is 0 Å². The number of nitrogens with two attached hydrogens (primary N) is 1. The number of rotatable bonds is 3. The molecule has 0 unspecified atom stereocenters. The zero-order valence-corrected chi connectivity index (χ0v) is 8.14. The van der Waals surface area contributed by atoms with Gasteiger partial charge in [0.05, 0.1) is 12.7 Å². The molecule has 0 aliphatic carbocycles. The Morgan fingerprint density at radius 1 is 1.33 bits per heavy atom. The summed E-state index contributed by atoms with van der Waals surface area (Å²) in [5.41, 5.74) is 6.22. The number of benzene rings is 1. The second-order valence-electron chi connectivity index (χ2n) is 2.93. The van der Waals surface area contributed by atoms with Crippen molar-refractivity contribution in [1.29, 1.82) is 0 Å². The third-order valence-corrected chi connectivity index (χ3v) is 1.97.